The predicted molar refractivity (Wildman–Crippen MR) is 149 cm³/mol. The van der Waals surface area contributed by atoms with Gasteiger partial charge in [0.15, 0.2) is 11.6 Å². The molecule has 10 nitrogen and oxygen atoms in total. The molecule has 0 bridgehead atoms. The van der Waals surface area contributed by atoms with Gasteiger partial charge in [0.05, 0.1) is 43.4 Å². The summed E-state index contributed by atoms with van der Waals surface area (Å²) in [5.41, 5.74) is 6.20. The lowest BCUT2D eigenvalue weighted by molar-refractivity contribution is 0.0945. The number of ether oxygens (including phenoxy) is 2. The van der Waals surface area contributed by atoms with Crippen LogP contribution in [0.1, 0.15) is 56.8 Å². The molecule has 1 amide bonds. The number of rotatable bonds is 10. The van der Waals surface area contributed by atoms with Crippen molar-refractivity contribution in [3.8, 4) is 11.4 Å². The molecule has 0 atom stereocenters. The molecule has 1 saturated carbocycles. The number of carbonyl (C=O) groups is 1. The van der Waals surface area contributed by atoms with Crippen molar-refractivity contribution in [3.63, 3.8) is 0 Å². The summed E-state index contributed by atoms with van der Waals surface area (Å²) in [5, 5.41) is 15.6. The molecule has 0 spiro atoms. The van der Waals surface area contributed by atoms with Crippen LogP contribution in [0.2, 0.25) is 0 Å². The van der Waals surface area contributed by atoms with Gasteiger partial charge in [-0.25, -0.2) is 9.07 Å². The fourth-order valence-electron chi connectivity index (χ4n) is 5.50. The van der Waals surface area contributed by atoms with Crippen LogP contribution in [0.15, 0.2) is 42.7 Å². The largest absolute Gasteiger partial charge is 0.494 e. The van der Waals surface area contributed by atoms with Crippen LogP contribution in [-0.4, -0.2) is 62.4 Å². The molecule has 1 aliphatic carbocycles. The first kappa shape index (κ1) is 27.1. The summed E-state index contributed by atoms with van der Waals surface area (Å²) in [6, 6.07) is 10.6. The number of hydrogen-bond acceptors (Lipinski definition) is 7. The van der Waals surface area contributed by atoms with Crippen LogP contribution in [0.25, 0.3) is 5.69 Å². The summed E-state index contributed by atoms with van der Waals surface area (Å²) in [6.45, 7) is 4.55. The van der Waals surface area contributed by atoms with Crippen molar-refractivity contribution >= 4 is 5.91 Å². The average molecular weight is 560 g/mol. The third kappa shape index (κ3) is 5.73. The Morgan fingerprint density at radius 2 is 2.00 bits per heavy atom. The van der Waals surface area contributed by atoms with Gasteiger partial charge in [-0.05, 0) is 55.0 Å². The average Bonchev–Trinajstić information content (AvgIpc) is 3.62. The number of aryl methyl sites for hydroxylation is 1. The minimum Gasteiger partial charge on any atom is -0.494 e. The molecule has 0 saturated heterocycles. The molecule has 3 heterocycles. The van der Waals surface area contributed by atoms with Gasteiger partial charge in [-0.1, -0.05) is 23.4 Å². The van der Waals surface area contributed by atoms with Crippen molar-refractivity contribution in [2.24, 2.45) is 0 Å². The van der Waals surface area contributed by atoms with E-state index in [9.17, 15) is 4.79 Å². The van der Waals surface area contributed by atoms with Crippen molar-refractivity contribution in [3.05, 3.63) is 87.7 Å². The first-order valence-electron chi connectivity index (χ1n) is 13.9. The number of amides is 1. The number of aromatic nitrogens is 5. The lowest BCUT2D eigenvalue weighted by atomic mass is 9.97. The molecular formula is C30H34FN7O3. The third-order valence-corrected chi connectivity index (χ3v) is 7.77. The zero-order valence-electron chi connectivity index (χ0n) is 23.6. The second-order valence-electron chi connectivity index (χ2n) is 10.7. The quantitative estimate of drug-likeness (QED) is 0.317. The molecule has 1 fully saturated rings. The van der Waals surface area contributed by atoms with E-state index in [1.807, 2.05) is 0 Å². The zero-order valence-corrected chi connectivity index (χ0v) is 23.6. The Hall–Kier alpha value is -4.09. The maximum Gasteiger partial charge on any atom is 0.255 e. The van der Waals surface area contributed by atoms with Crippen molar-refractivity contribution in [1.29, 1.82) is 0 Å². The Morgan fingerprint density at radius 3 is 2.73 bits per heavy atom. The highest BCUT2D eigenvalue weighted by Crippen LogP contribution is 2.32. The standard InChI is InChI=1S/C30H34FN7O3/c1-19-14-38(35-33-19)27-8-9-28(41-3)29(31)24(27)13-32-30(39)25-17-37(34-26(25)18-40-2)15-20-4-5-22-16-36(23-6-7-23)11-10-21(22)12-20/h4-5,8-9,12,14,17,23H,6-7,10-11,13,15-16,18H2,1-3H3,(H,32,39). The number of carbonyl (C=O) groups excluding carboxylic acids is 1. The van der Waals surface area contributed by atoms with Crippen LogP contribution in [-0.2, 0) is 37.4 Å². The smallest absolute Gasteiger partial charge is 0.255 e. The minimum absolute atomic E-state index is 0.0769. The Morgan fingerprint density at radius 1 is 1.15 bits per heavy atom. The summed E-state index contributed by atoms with van der Waals surface area (Å²) in [7, 11) is 2.96. The van der Waals surface area contributed by atoms with Gasteiger partial charge >= 0.3 is 0 Å². The summed E-state index contributed by atoms with van der Waals surface area (Å²) in [6.07, 6.45) is 7.12. The van der Waals surface area contributed by atoms with Crippen LogP contribution in [0.5, 0.6) is 5.75 Å². The molecule has 0 radical (unpaired) electrons. The van der Waals surface area contributed by atoms with E-state index in [0.29, 0.717) is 29.2 Å². The number of nitrogens with zero attached hydrogens (tertiary/aromatic N) is 6. The predicted octanol–water partition coefficient (Wildman–Crippen LogP) is 3.57. The summed E-state index contributed by atoms with van der Waals surface area (Å²) in [4.78, 5) is 16.0. The third-order valence-electron chi connectivity index (χ3n) is 7.77. The number of methoxy groups -OCH3 is 2. The second kappa shape index (κ2) is 11.4. The van der Waals surface area contributed by atoms with Crippen molar-refractivity contribution in [2.45, 2.75) is 58.5 Å². The van der Waals surface area contributed by atoms with Crippen molar-refractivity contribution in [1.82, 2.24) is 35.0 Å². The molecule has 11 heteroatoms. The van der Waals surface area contributed by atoms with Gasteiger partial charge in [-0.15, -0.1) is 5.10 Å². The van der Waals surface area contributed by atoms with E-state index in [4.69, 9.17) is 9.47 Å². The molecule has 4 aromatic rings. The monoisotopic (exact) mass is 559 g/mol. The zero-order chi connectivity index (χ0) is 28.5. The Balaban J connectivity index is 1.20. The van der Waals surface area contributed by atoms with E-state index in [-0.39, 0.29) is 30.4 Å². The van der Waals surface area contributed by atoms with Gasteiger partial charge in [0.25, 0.3) is 5.91 Å². The van der Waals surface area contributed by atoms with E-state index in [2.05, 4.69) is 43.8 Å². The van der Waals surface area contributed by atoms with E-state index in [1.165, 1.54) is 41.8 Å². The highest BCUT2D eigenvalue weighted by Gasteiger charge is 2.31. The van der Waals surface area contributed by atoms with Crippen LogP contribution in [0, 0.1) is 12.7 Å². The lowest BCUT2D eigenvalue weighted by Gasteiger charge is -2.29. The van der Waals surface area contributed by atoms with Crippen LogP contribution in [0.3, 0.4) is 0 Å². The van der Waals surface area contributed by atoms with E-state index < -0.39 is 5.82 Å². The Kier molecular flexibility index (Phi) is 7.55. The Labute approximate surface area is 238 Å². The maximum atomic E-state index is 15.3. The first-order valence-corrected chi connectivity index (χ1v) is 13.9. The molecule has 214 valence electrons. The van der Waals surface area contributed by atoms with Crippen molar-refractivity contribution in [2.75, 3.05) is 20.8 Å². The highest BCUT2D eigenvalue weighted by atomic mass is 19.1. The van der Waals surface area contributed by atoms with Gasteiger partial charge in [0.1, 0.15) is 5.69 Å². The molecule has 0 unspecified atom stereocenters. The Bertz CT molecular complexity index is 1580. The maximum absolute atomic E-state index is 15.3. The number of hydrogen-bond donors (Lipinski definition) is 1. The van der Waals surface area contributed by atoms with Gasteiger partial charge in [-0.3, -0.25) is 14.4 Å². The van der Waals surface area contributed by atoms with Crippen LogP contribution in [0.4, 0.5) is 4.39 Å². The molecule has 1 aliphatic heterocycles. The summed E-state index contributed by atoms with van der Waals surface area (Å²) < 4.78 is 29.1. The van der Waals surface area contributed by atoms with Crippen LogP contribution < -0.4 is 10.1 Å². The molecule has 2 aromatic carbocycles. The SMILES string of the molecule is COCc1nn(Cc2ccc3c(c2)CCN(C2CC2)C3)cc1C(=O)NCc1c(-n2cc(C)nn2)ccc(OC)c1F. The fraction of sp³-hybridized carbons (Fsp3) is 0.400. The first-order chi connectivity index (χ1) is 19.9. The number of halogens is 1. The van der Waals surface area contributed by atoms with Gasteiger partial charge in [-0.2, -0.15) is 5.10 Å². The minimum atomic E-state index is -0.570. The number of benzene rings is 2. The lowest BCUT2D eigenvalue weighted by Crippen LogP contribution is -2.32. The summed E-state index contributed by atoms with van der Waals surface area (Å²) >= 11 is 0. The molecule has 6 rings (SSSR count). The molecule has 2 aromatic heterocycles. The highest BCUT2D eigenvalue weighted by molar-refractivity contribution is 5.95. The van der Waals surface area contributed by atoms with E-state index >= 15 is 4.39 Å². The van der Waals surface area contributed by atoms with Crippen LogP contribution >= 0.6 is 0 Å². The fourth-order valence-corrected chi connectivity index (χ4v) is 5.50. The second-order valence-corrected chi connectivity index (χ2v) is 10.7. The molecular weight excluding hydrogens is 525 g/mol. The van der Waals surface area contributed by atoms with Crippen molar-refractivity contribution < 1.29 is 18.7 Å². The number of fused-ring (bicyclic) bond motifs is 1. The van der Waals surface area contributed by atoms with Gasteiger partial charge < -0.3 is 14.8 Å². The number of nitrogens with one attached hydrogen (secondary N) is 1. The normalized spacial score (nSPS) is 15.1. The van der Waals surface area contributed by atoms with E-state index in [1.54, 1.807) is 37.2 Å². The molecule has 1 N–H and O–H groups in total. The topological polar surface area (TPSA) is 99.3 Å². The van der Waals surface area contributed by atoms with Gasteiger partial charge in [0.2, 0.25) is 0 Å². The molecule has 2 aliphatic rings. The molecule has 41 heavy (non-hydrogen) atoms. The van der Waals surface area contributed by atoms with Gasteiger partial charge in [0, 0.05) is 44.5 Å². The summed E-state index contributed by atoms with van der Waals surface area (Å²) in [5.74, 6) is -0.871. The van der Waals surface area contributed by atoms with E-state index in [0.717, 1.165) is 31.1 Å².